The average Bonchev–Trinajstić information content (AvgIpc) is 2.54. The number of rotatable bonds is 5. The van der Waals surface area contributed by atoms with Crippen LogP contribution in [-0.4, -0.2) is 5.91 Å². The molecule has 0 fully saturated rings. The first-order chi connectivity index (χ1) is 10.9. The van der Waals surface area contributed by atoms with E-state index in [4.69, 9.17) is 0 Å². The summed E-state index contributed by atoms with van der Waals surface area (Å²) in [7, 11) is 0. The third kappa shape index (κ3) is 4.22. The molecule has 0 bridgehead atoms. The van der Waals surface area contributed by atoms with Crippen LogP contribution in [0.1, 0.15) is 73.0 Å². The number of aryl methyl sites for hydroxylation is 1. The van der Waals surface area contributed by atoms with Crippen molar-refractivity contribution in [3.8, 4) is 0 Å². The molecule has 2 rings (SSSR count). The maximum atomic E-state index is 12.4. The molecule has 1 unspecified atom stereocenters. The maximum absolute atomic E-state index is 12.4. The Balaban J connectivity index is 2.11. The zero-order valence-electron chi connectivity index (χ0n) is 14.8. The van der Waals surface area contributed by atoms with Crippen molar-refractivity contribution in [2.75, 3.05) is 5.32 Å². The first kappa shape index (κ1) is 17.3. The van der Waals surface area contributed by atoms with E-state index in [1.54, 1.807) is 0 Å². The highest BCUT2D eigenvalue weighted by molar-refractivity contribution is 6.04. The summed E-state index contributed by atoms with van der Waals surface area (Å²) in [6, 6.07) is 14.0. The van der Waals surface area contributed by atoms with E-state index in [0.29, 0.717) is 17.4 Å². The fraction of sp³-hybridized carbons (Fsp3) is 0.381. The summed E-state index contributed by atoms with van der Waals surface area (Å²) in [5, 5.41) is 2.99. The van der Waals surface area contributed by atoms with E-state index >= 15 is 0 Å². The van der Waals surface area contributed by atoms with Crippen molar-refractivity contribution in [1.82, 2.24) is 0 Å². The third-order valence-electron chi connectivity index (χ3n) is 4.50. The molecule has 0 saturated heterocycles. The van der Waals surface area contributed by atoms with Gasteiger partial charge in [-0.25, -0.2) is 0 Å². The fourth-order valence-corrected chi connectivity index (χ4v) is 2.80. The molecule has 122 valence electrons. The number of hydrogen-bond donors (Lipinski definition) is 1. The Morgan fingerprint density at radius 1 is 1.04 bits per heavy atom. The molecule has 0 aliphatic heterocycles. The van der Waals surface area contributed by atoms with Crippen LogP contribution in [0, 0.1) is 6.92 Å². The van der Waals surface area contributed by atoms with Gasteiger partial charge in [0.2, 0.25) is 0 Å². The molecule has 1 atom stereocenters. The minimum absolute atomic E-state index is 0.0580. The van der Waals surface area contributed by atoms with E-state index < -0.39 is 0 Å². The Morgan fingerprint density at radius 3 is 2.22 bits per heavy atom. The molecule has 0 heterocycles. The van der Waals surface area contributed by atoms with E-state index in [-0.39, 0.29) is 5.91 Å². The van der Waals surface area contributed by atoms with Gasteiger partial charge in [0.05, 0.1) is 0 Å². The number of carbonyl (C=O) groups excluding carboxylic acids is 1. The minimum atomic E-state index is -0.0580. The number of carbonyl (C=O) groups is 1. The van der Waals surface area contributed by atoms with Gasteiger partial charge >= 0.3 is 0 Å². The Kier molecular flexibility index (Phi) is 5.59. The second kappa shape index (κ2) is 7.45. The van der Waals surface area contributed by atoms with Crippen molar-refractivity contribution in [2.45, 2.75) is 52.9 Å². The lowest BCUT2D eigenvalue weighted by Gasteiger charge is -2.13. The van der Waals surface area contributed by atoms with Crippen LogP contribution >= 0.6 is 0 Å². The van der Waals surface area contributed by atoms with Gasteiger partial charge in [0.25, 0.3) is 5.91 Å². The van der Waals surface area contributed by atoms with Gasteiger partial charge in [0.15, 0.2) is 0 Å². The number of hydrogen-bond acceptors (Lipinski definition) is 1. The van der Waals surface area contributed by atoms with Crippen LogP contribution in [0.4, 0.5) is 5.69 Å². The molecule has 2 heteroatoms. The van der Waals surface area contributed by atoms with E-state index in [0.717, 1.165) is 12.1 Å². The molecular formula is C21H27NO. The van der Waals surface area contributed by atoms with Gasteiger partial charge in [0.1, 0.15) is 0 Å². The maximum Gasteiger partial charge on any atom is 0.255 e. The van der Waals surface area contributed by atoms with Gasteiger partial charge in [-0.15, -0.1) is 0 Å². The molecular weight excluding hydrogens is 282 g/mol. The lowest BCUT2D eigenvalue weighted by Crippen LogP contribution is -2.12. The van der Waals surface area contributed by atoms with E-state index in [1.807, 2.05) is 24.3 Å². The molecule has 2 aromatic rings. The average molecular weight is 309 g/mol. The number of nitrogens with one attached hydrogen (secondary N) is 1. The SMILES string of the molecule is CCC(C)c1ccc(C(=O)Nc2ccc(C(C)C)c(C)c2)cc1. The number of amides is 1. The Bertz CT molecular complexity index is 671. The zero-order valence-corrected chi connectivity index (χ0v) is 14.8. The van der Waals surface area contributed by atoms with Crippen molar-refractivity contribution >= 4 is 11.6 Å². The third-order valence-corrected chi connectivity index (χ3v) is 4.50. The van der Waals surface area contributed by atoms with Crippen LogP contribution in [0.5, 0.6) is 0 Å². The fourth-order valence-electron chi connectivity index (χ4n) is 2.80. The van der Waals surface area contributed by atoms with Crippen LogP contribution in [0.3, 0.4) is 0 Å². The van der Waals surface area contributed by atoms with Crippen LogP contribution in [0.15, 0.2) is 42.5 Å². The van der Waals surface area contributed by atoms with Crippen LogP contribution in [0.25, 0.3) is 0 Å². The molecule has 0 spiro atoms. The van der Waals surface area contributed by atoms with Crippen molar-refractivity contribution < 1.29 is 4.79 Å². The van der Waals surface area contributed by atoms with Gasteiger partial charge in [0, 0.05) is 11.3 Å². The molecule has 0 aliphatic carbocycles. The minimum Gasteiger partial charge on any atom is -0.322 e. The monoisotopic (exact) mass is 309 g/mol. The van der Waals surface area contributed by atoms with E-state index in [9.17, 15) is 4.79 Å². The summed E-state index contributed by atoms with van der Waals surface area (Å²) in [6.07, 6.45) is 1.10. The van der Waals surface area contributed by atoms with Gasteiger partial charge in [-0.05, 0) is 66.1 Å². The Hall–Kier alpha value is -2.09. The van der Waals surface area contributed by atoms with E-state index in [1.165, 1.54) is 16.7 Å². The van der Waals surface area contributed by atoms with Crippen molar-refractivity contribution in [3.63, 3.8) is 0 Å². The smallest absolute Gasteiger partial charge is 0.255 e. The molecule has 0 aromatic heterocycles. The largest absolute Gasteiger partial charge is 0.322 e. The summed E-state index contributed by atoms with van der Waals surface area (Å²) >= 11 is 0. The predicted molar refractivity (Wildman–Crippen MR) is 98.4 cm³/mol. The quantitative estimate of drug-likeness (QED) is 0.733. The lowest BCUT2D eigenvalue weighted by molar-refractivity contribution is 0.102. The van der Waals surface area contributed by atoms with Crippen molar-refractivity contribution in [3.05, 3.63) is 64.7 Å². The van der Waals surface area contributed by atoms with Gasteiger partial charge in [-0.1, -0.05) is 45.9 Å². The van der Waals surface area contributed by atoms with Crippen molar-refractivity contribution in [1.29, 1.82) is 0 Å². The molecule has 1 amide bonds. The van der Waals surface area contributed by atoms with Crippen LogP contribution in [-0.2, 0) is 0 Å². The first-order valence-electron chi connectivity index (χ1n) is 8.44. The summed E-state index contributed by atoms with van der Waals surface area (Å²) in [6.45, 7) is 10.8. The van der Waals surface area contributed by atoms with Gasteiger partial charge in [-0.2, -0.15) is 0 Å². The highest BCUT2D eigenvalue weighted by Gasteiger charge is 2.09. The number of anilines is 1. The molecule has 1 N–H and O–H groups in total. The zero-order chi connectivity index (χ0) is 17.0. The predicted octanol–water partition coefficient (Wildman–Crippen LogP) is 5.88. The molecule has 0 aliphatic rings. The molecule has 2 aromatic carbocycles. The molecule has 2 nitrogen and oxygen atoms in total. The van der Waals surface area contributed by atoms with Crippen molar-refractivity contribution in [2.24, 2.45) is 0 Å². The molecule has 0 radical (unpaired) electrons. The highest BCUT2D eigenvalue weighted by Crippen LogP contribution is 2.23. The lowest BCUT2D eigenvalue weighted by atomic mass is 9.97. The second-order valence-electron chi connectivity index (χ2n) is 6.61. The summed E-state index contributed by atoms with van der Waals surface area (Å²) in [5.41, 5.74) is 5.36. The van der Waals surface area contributed by atoms with E-state index in [2.05, 4.69) is 58.1 Å². The van der Waals surface area contributed by atoms with Crippen LogP contribution < -0.4 is 5.32 Å². The van der Waals surface area contributed by atoms with Crippen LogP contribution in [0.2, 0.25) is 0 Å². The number of benzene rings is 2. The van der Waals surface area contributed by atoms with Gasteiger partial charge < -0.3 is 5.32 Å². The summed E-state index contributed by atoms with van der Waals surface area (Å²) < 4.78 is 0. The second-order valence-corrected chi connectivity index (χ2v) is 6.61. The standard InChI is InChI=1S/C21H27NO/c1-6-15(4)17-7-9-18(10-8-17)21(23)22-19-11-12-20(14(2)3)16(5)13-19/h7-15H,6H2,1-5H3,(H,22,23). The first-order valence-corrected chi connectivity index (χ1v) is 8.44. The summed E-state index contributed by atoms with van der Waals surface area (Å²) in [5.74, 6) is 0.962. The topological polar surface area (TPSA) is 29.1 Å². The molecule has 23 heavy (non-hydrogen) atoms. The Labute approximate surface area is 139 Å². The molecule has 0 saturated carbocycles. The summed E-state index contributed by atoms with van der Waals surface area (Å²) in [4.78, 5) is 12.4. The normalized spacial score (nSPS) is 12.3. The highest BCUT2D eigenvalue weighted by atomic mass is 16.1. The van der Waals surface area contributed by atoms with Gasteiger partial charge in [-0.3, -0.25) is 4.79 Å². The Morgan fingerprint density at radius 2 is 1.70 bits per heavy atom.